The summed E-state index contributed by atoms with van der Waals surface area (Å²) in [6.45, 7) is 4.55. The number of thiophene rings is 2. The highest BCUT2D eigenvalue weighted by Crippen LogP contribution is 2.36. The molecular weight excluding hydrogens is 713 g/mol. The molecule has 56 heavy (non-hydrogen) atoms. The average Bonchev–Trinajstić information content (AvgIpc) is 3.82. The lowest BCUT2D eigenvalue weighted by molar-refractivity contribution is 0.667. The Morgan fingerprint density at radius 2 is 0.750 bits per heavy atom. The molecule has 9 aromatic rings. The van der Waals surface area contributed by atoms with Crippen molar-refractivity contribution >= 4 is 110 Å². The summed E-state index contributed by atoms with van der Waals surface area (Å²) in [7, 11) is 0. The predicted molar refractivity (Wildman–Crippen MR) is 254 cm³/mol. The van der Waals surface area contributed by atoms with Crippen molar-refractivity contribution < 1.29 is 0 Å². The molecule has 2 aromatic heterocycles. The summed E-state index contributed by atoms with van der Waals surface area (Å²) in [4.78, 5) is 2.57. The highest BCUT2D eigenvalue weighted by molar-refractivity contribution is 7.20. The quantitative estimate of drug-likeness (QED) is 0.0764. The van der Waals surface area contributed by atoms with Crippen LogP contribution in [-0.2, 0) is 12.8 Å². The number of aryl methyl sites for hydroxylation is 2. The summed E-state index contributed by atoms with van der Waals surface area (Å²) in [6.07, 6.45) is 21.9. The number of fused-ring (bicyclic) bond motifs is 6. The van der Waals surface area contributed by atoms with Crippen LogP contribution in [0.4, 0.5) is 0 Å². The van der Waals surface area contributed by atoms with E-state index in [1.54, 1.807) is 0 Å². The second kappa shape index (κ2) is 16.6. The summed E-state index contributed by atoms with van der Waals surface area (Å²) < 4.78 is 2.67. The van der Waals surface area contributed by atoms with Crippen LogP contribution in [0.2, 0.25) is 0 Å². The molecule has 0 saturated heterocycles. The zero-order valence-electron chi connectivity index (χ0n) is 32.7. The second-order valence-corrected chi connectivity index (χ2v) is 18.0. The van der Waals surface area contributed by atoms with Crippen molar-refractivity contribution in [3.05, 3.63) is 153 Å². The molecule has 0 amide bonds. The molecule has 0 radical (unpaired) electrons. The summed E-state index contributed by atoms with van der Waals surface area (Å²) in [5, 5.41) is 13.1. The first-order valence-corrected chi connectivity index (χ1v) is 22.5. The molecule has 0 aliphatic rings. The van der Waals surface area contributed by atoms with E-state index in [1.165, 1.54) is 159 Å². The smallest absolute Gasteiger partial charge is 0.0355 e. The Kier molecular flexibility index (Phi) is 10.9. The van der Waals surface area contributed by atoms with E-state index < -0.39 is 0 Å². The number of rotatable bonds is 14. The minimum atomic E-state index is 1.18. The standard InChI is InChI=1S/C54H50S2/c1-3-5-7-9-11-37-13-19-43-27-39(15-21-41(43)25-37)17-23-51-33-49-31-45-29-48-36-54-50(32-46(48)30-47(45)35-53(49)55-51)34-52(56-54)24-18-40-16-22-42-26-38(12-10-8-6-4-2)14-20-44(42)28-40/h13-36H,3-12H2,1-2H3. The van der Waals surface area contributed by atoms with Crippen LogP contribution >= 0.6 is 22.7 Å². The number of unbranched alkanes of at least 4 members (excludes halogenated alkanes) is 6. The van der Waals surface area contributed by atoms with Gasteiger partial charge >= 0.3 is 0 Å². The first-order chi connectivity index (χ1) is 27.6. The maximum absolute atomic E-state index is 2.38. The first-order valence-electron chi connectivity index (χ1n) is 20.8. The second-order valence-electron chi connectivity index (χ2n) is 15.8. The zero-order valence-corrected chi connectivity index (χ0v) is 34.4. The van der Waals surface area contributed by atoms with E-state index in [1.807, 2.05) is 22.7 Å². The zero-order chi connectivity index (χ0) is 37.8. The predicted octanol–water partition coefficient (Wildman–Crippen LogP) is 17.3. The first kappa shape index (κ1) is 36.6. The van der Waals surface area contributed by atoms with E-state index in [-0.39, 0.29) is 0 Å². The van der Waals surface area contributed by atoms with Gasteiger partial charge in [0.1, 0.15) is 0 Å². The van der Waals surface area contributed by atoms with Crippen LogP contribution in [-0.4, -0.2) is 0 Å². The molecule has 0 unspecified atom stereocenters. The minimum absolute atomic E-state index is 1.18. The third-order valence-electron chi connectivity index (χ3n) is 11.5. The molecule has 0 fully saturated rings. The van der Waals surface area contributed by atoms with Gasteiger partial charge in [-0.05, 0) is 175 Å². The van der Waals surface area contributed by atoms with Gasteiger partial charge in [0.2, 0.25) is 0 Å². The topological polar surface area (TPSA) is 0 Å². The Morgan fingerprint density at radius 3 is 1.21 bits per heavy atom. The Labute approximate surface area is 339 Å². The van der Waals surface area contributed by atoms with Gasteiger partial charge in [0.05, 0.1) is 0 Å². The van der Waals surface area contributed by atoms with Crippen LogP contribution in [0.25, 0.3) is 87.6 Å². The monoisotopic (exact) mass is 762 g/mol. The van der Waals surface area contributed by atoms with Gasteiger partial charge in [-0.15, -0.1) is 22.7 Å². The molecule has 0 aliphatic heterocycles. The van der Waals surface area contributed by atoms with Crippen LogP contribution in [0.3, 0.4) is 0 Å². The van der Waals surface area contributed by atoms with Gasteiger partial charge in [-0.1, -0.05) is 125 Å². The van der Waals surface area contributed by atoms with Crippen molar-refractivity contribution in [2.24, 2.45) is 0 Å². The largest absolute Gasteiger partial charge is 0.136 e. The molecule has 2 heteroatoms. The summed E-state index contributed by atoms with van der Waals surface area (Å²) in [5.41, 5.74) is 5.41. The molecule has 0 aliphatic carbocycles. The Morgan fingerprint density at radius 1 is 0.339 bits per heavy atom. The van der Waals surface area contributed by atoms with Gasteiger partial charge in [0, 0.05) is 19.2 Å². The molecule has 0 spiro atoms. The van der Waals surface area contributed by atoms with Crippen molar-refractivity contribution in [3.63, 3.8) is 0 Å². The number of hydrogen-bond donors (Lipinski definition) is 0. The maximum Gasteiger partial charge on any atom is 0.0355 e. The summed E-state index contributed by atoms with van der Waals surface area (Å²) in [6, 6.07) is 46.7. The van der Waals surface area contributed by atoms with Crippen LogP contribution in [0, 0.1) is 0 Å². The fourth-order valence-corrected chi connectivity index (χ4v) is 10.3. The third-order valence-corrected chi connectivity index (χ3v) is 13.6. The normalized spacial score (nSPS) is 12.3. The van der Waals surface area contributed by atoms with Crippen molar-refractivity contribution in [1.29, 1.82) is 0 Å². The average molecular weight is 763 g/mol. The van der Waals surface area contributed by atoms with E-state index >= 15 is 0 Å². The van der Waals surface area contributed by atoms with Crippen LogP contribution < -0.4 is 0 Å². The lowest BCUT2D eigenvalue weighted by Gasteiger charge is -2.05. The molecular formula is C54H50S2. The Balaban J connectivity index is 0.905. The van der Waals surface area contributed by atoms with E-state index in [2.05, 4.69) is 159 Å². The van der Waals surface area contributed by atoms with Gasteiger partial charge in [-0.2, -0.15) is 0 Å². The van der Waals surface area contributed by atoms with Gasteiger partial charge < -0.3 is 0 Å². The number of benzene rings is 7. The molecule has 7 aromatic carbocycles. The number of hydrogen-bond acceptors (Lipinski definition) is 2. The molecule has 0 N–H and O–H groups in total. The molecule has 0 nitrogen and oxygen atoms in total. The highest BCUT2D eigenvalue weighted by Gasteiger charge is 2.08. The Hall–Kier alpha value is -5.02. The van der Waals surface area contributed by atoms with E-state index in [4.69, 9.17) is 0 Å². The molecule has 278 valence electrons. The van der Waals surface area contributed by atoms with Gasteiger partial charge in [-0.25, -0.2) is 0 Å². The van der Waals surface area contributed by atoms with Crippen molar-refractivity contribution in [2.45, 2.75) is 78.1 Å². The van der Waals surface area contributed by atoms with Crippen molar-refractivity contribution in [1.82, 2.24) is 0 Å². The van der Waals surface area contributed by atoms with E-state index in [0.717, 1.165) is 0 Å². The molecule has 0 saturated carbocycles. The Bertz CT molecular complexity index is 2610. The minimum Gasteiger partial charge on any atom is -0.136 e. The third kappa shape index (κ3) is 8.24. The molecule has 2 heterocycles. The lowest BCUT2D eigenvalue weighted by atomic mass is 10.0. The molecule has 0 bridgehead atoms. The van der Waals surface area contributed by atoms with Crippen LogP contribution in [0.15, 0.2) is 121 Å². The SMILES string of the molecule is CCCCCCc1ccc2cc(C=Cc3cc4cc5cc6cc7sc(C=Cc8ccc9cc(CCCCCC)ccc9c8)cc7cc6cc5cc4s3)ccc2c1. The summed E-state index contributed by atoms with van der Waals surface area (Å²) >= 11 is 3.75. The van der Waals surface area contributed by atoms with E-state index in [0.29, 0.717) is 0 Å². The van der Waals surface area contributed by atoms with Crippen LogP contribution in [0.5, 0.6) is 0 Å². The van der Waals surface area contributed by atoms with Crippen LogP contribution in [0.1, 0.15) is 97.2 Å². The van der Waals surface area contributed by atoms with Gasteiger partial charge in [-0.3, -0.25) is 0 Å². The van der Waals surface area contributed by atoms with E-state index in [9.17, 15) is 0 Å². The van der Waals surface area contributed by atoms with Crippen molar-refractivity contribution in [3.8, 4) is 0 Å². The fourth-order valence-electron chi connectivity index (χ4n) is 8.30. The molecule has 9 rings (SSSR count). The van der Waals surface area contributed by atoms with Gasteiger partial charge in [0.25, 0.3) is 0 Å². The lowest BCUT2D eigenvalue weighted by Crippen LogP contribution is -1.86. The molecule has 0 atom stereocenters. The summed E-state index contributed by atoms with van der Waals surface area (Å²) in [5.74, 6) is 0. The van der Waals surface area contributed by atoms with Gasteiger partial charge in [0.15, 0.2) is 0 Å². The maximum atomic E-state index is 2.38. The highest BCUT2D eigenvalue weighted by atomic mass is 32.1. The fraction of sp³-hybridized carbons (Fsp3) is 0.222. The van der Waals surface area contributed by atoms with Crippen molar-refractivity contribution in [2.75, 3.05) is 0 Å².